The predicted octanol–water partition coefficient (Wildman–Crippen LogP) is 3.08. The van der Waals surface area contributed by atoms with Gasteiger partial charge in [-0.1, -0.05) is 41.6 Å². The fourth-order valence-electron chi connectivity index (χ4n) is 4.63. The summed E-state index contributed by atoms with van der Waals surface area (Å²) in [5.41, 5.74) is 3.27. The van der Waals surface area contributed by atoms with E-state index < -0.39 is 10.0 Å². The average Bonchev–Trinajstić information content (AvgIpc) is 3.37. The van der Waals surface area contributed by atoms with E-state index in [2.05, 4.69) is 10.1 Å². The highest BCUT2D eigenvalue weighted by molar-refractivity contribution is 7.89. The van der Waals surface area contributed by atoms with Gasteiger partial charge in [0.15, 0.2) is 0 Å². The Morgan fingerprint density at radius 2 is 1.68 bits per heavy atom. The lowest BCUT2D eigenvalue weighted by molar-refractivity contribution is -0.132. The lowest BCUT2D eigenvalue weighted by atomic mass is 9.92. The molecule has 2 heterocycles. The number of hydrogen-bond acceptors (Lipinski definition) is 6. The van der Waals surface area contributed by atoms with E-state index in [-0.39, 0.29) is 12.3 Å². The van der Waals surface area contributed by atoms with Crippen LogP contribution in [-0.2, 0) is 34.1 Å². The quantitative estimate of drug-likeness (QED) is 0.538. The van der Waals surface area contributed by atoms with Gasteiger partial charge < -0.3 is 9.42 Å². The molecule has 3 aromatic rings. The van der Waals surface area contributed by atoms with Crippen LogP contribution in [0, 0.1) is 0 Å². The molecule has 1 aliphatic carbocycles. The largest absolute Gasteiger partial charge is 0.340 e. The maximum Gasteiger partial charge on any atom is 0.243 e. The van der Waals surface area contributed by atoms with E-state index in [1.807, 2.05) is 42.5 Å². The molecule has 0 bridgehead atoms. The molecule has 34 heavy (non-hydrogen) atoms. The molecule has 1 amide bonds. The second kappa shape index (κ2) is 9.68. The molecule has 8 nitrogen and oxygen atoms in total. The number of nitrogens with zero attached hydrogens (tertiary/aromatic N) is 4. The number of carbonyl (C=O) groups is 1. The van der Waals surface area contributed by atoms with Crippen LogP contribution < -0.4 is 0 Å². The molecule has 1 aromatic heterocycles. The molecule has 0 radical (unpaired) electrons. The van der Waals surface area contributed by atoms with Gasteiger partial charge in [-0.05, 0) is 48.9 Å². The first-order chi connectivity index (χ1) is 16.5. The van der Waals surface area contributed by atoms with Gasteiger partial charge in [0.05, 0.1) is 4.90 Å². The number of aryl methyl sites for hydroxylation is 3. The lowest BCUT2D eigenvalue weighted by Crippen LogP contribution is -2.50. The number of fused-ring (bicyclic) bond motifs is 1. The smallest absolute Gasteiger partial charge is 0.243 e. The summed E-state index contributed by atoms with van der Waals surface area (Å²) >= 11 is 0. The summed E-state index contributed by atoms with van der Waals surface area (Å²) in [4.78, 5) is 19.1. The summed E-state index contributed by atoms with van der Waals surface area (Å²) in [5, 5.41) is 3.99. The van der Waals surface area contributed by atoms with Gasteiger partial charge in [-0.3, -0.25) is 4.79 Å². The number of rotatable bonds is 6. The number of aromatic nitrogens is 2. The van der Waals surface area contributed by atoms with Gasteiger partial charge in [-0.2, -0.15) is 9.29 Å². The van der Waals surface area contributed by atoms with Crippen molar-refractivity contribution in [1.82, 2.24) is 19.3 Å². The number of benzene rings is 2. The molecule has 0 N–H and O–H groups in total. The minimum Gasteiger partial charge on any atom is -0.340 e. The van der Waals surface area contributed by atoms with Crippen molar-refractivity contribution in [2.24, 2.45) is 0 Å². The highest BCUT2D eigenvalue weighted by Crippen LogP contribution is 2.26. The lowest BCUT2D eigenvalue weighted by Gasteiger charge is -2.34. The molecule has 0 spiro atoms. The van der Waals surface area contributed by atoms with E-state index in [0.29, 0.717) is 49.2 Å². The van der Waals surface area contributed by atoms with Crippen LogP contribution in [0.25, 0.3) is 11.4 Å². The molecule has 0 unspecified atom stereocenters. The maximum atomic E-state index is 13.2. The van der Waals surface area contributed by atoms with Crippen molar-refractivity contribution in [2.45, 2.75) is 43.4 Å². The van der Waals surface area contributed by atoms with Crippen LogP contribution in [-0.4, -0.2) is 59.8 Å². The molecule has 2 aromatic carbocycles. The van der Waals surface area contributed by atoms with Crippen molar-refractivity contribution in [1.29, 1.82) is 0 Å². The molecule has 0 saturated carbocycles. The topological polar surface area (TPSA) is 96.6 Å². The van der Waals surface area contributed by atoms with Gasteiger partial charge in [-0.15, -0.1) is 0 Å². The van der Waals surface area contributed by atoms with E-state index >= 15 is 0 Å². The maximum absolute atomic E-state index is 13.2. The fraction of sp³-hybridized carbons (Fsp3) is 0.400. The van der Waals surface area contributed by atoms with Crippen molar-refractivity contribution in [3.05, 3.63) is 65.5 Å². The van der Waals surface area contributed by atoms with E-state index in [0.717, 1.165) is 36.8 Å². The van der Waals surface area contributed by atoms with Crippen LogP contribution in [0.5, 0.6) is 0 Å². The van der Waals surface area contributed by atoms with Gasteiger partial charge in [0.2, 0.25) is 27.6 Å². The number of sulfonamides is 1. The minimum absolute atomic E-state index is 0.0368. The first kappa shape index (κ1) is 22.7. The Balaban J connectivity index is 1.15. The third-order valence-corrected chi connectivity index (χ3v) is 8.50. The zero-order chi connectivity index (χ0) is 23.5. The van der Waals surface area contributed by atoms with Gasteiger partial charge in [0.1, 0.15) is 0 Å². The molecular weight excluding hydrogens is 452 g/mol. The minimum atomic E-state index is -3.56. The number of hydrogen-bond donors (Lipinski definition) is 0. The molecule has 1 saturated heterocycles. The Bertz CT molecular complexity index is 1270. The van der Waals surface area contributed by atoms with Crippen LogP contribution >= 0.6 is 0 Å². The summed E-state index contributed by atoms with van der Waals surface area (Å²) < 4.78 is 33.1. The Morgan fingerprint density at radius 1 is 0.941 bits per heavy atom. The SMILES string of the molecule is O=C(CCc1nc(-c2ccccc2)no1)N1CCN(S(=O)(=O)c2ccc3c(c2)CCCC3)CC1. The number of piperazine rings is 1. The van der Waals surface area contributed by atoms with Gasteiger partial charge in [0, 0.05) is 44.6 Å². The van der Waals surface area contributed by atoms with Gasteiger partial charge in [-0.25, -0.2) is 8.42 Å². The Morgan fingerprint density at radius 3 is 2.44 bits per heavy atom. The second-order valence-corrected chi connectivity index (χ2v) is 10.7. The van der Waals surface area contributed by atoms with Crippen molar-refractivity contribution >= 4 is 15.9 Å². The average molecular weight is 481 g/mol. The van der Waals surface area contributed by atoms with E-state index in [1.54, 1.807) is 11.0 Å². The second-order valence-electron chi connectivity index (χ2n) is 8.80. The van der Waals surface area contributed by atoms with Crippen LogP contribution in [0.15, 0.2) is 57.9 Å². The summed E-state index contributed by atoms with van der Waals surface area (Å²) in [6.07, 6.45) is 4.83. The van der Waals surface area contributed by atoms with Crippen LogP contribution in [0.2, 0.25) is 0 Å². The Hall–Kier alpha value is -3.04. The van der Waals surface area contributed by atoms with Gasteiger partial charge in [0.25, 0.3) is 0 Å². The third kappa shape index (κ3) is 4.76. The standard InChI is InChI=1S/C25H28N4O4S/c30-24(13-12-23-26-25(27-33-23)20-7-2-1-3-8-20)28-14-16-29(17-15-28)34(31,32)22-11-10-19-6-4-5-9-21(19)18-22/h1-3,7-8,10-11,18H,4-6,9,12-17H2. The van der Waals surface area contributed by atoms with E-state index in [9.17, 15) is 13.2 Å². The normalized spacial score (nSPS) is 16.9. The molecule has 178 valence electrons. The summed E-state index contributed by atoms with van der Waals surface area (Å²) in [7, 11) is -3.56. The van der Waals surface area contributed by atoms with Crippen LogP contribution in [0.4, 0.5) is 0 Å². The van der Waals surface area contributed by atoms with E-state index in [4.69, 9.17) is 4.52 Å². The molecule has 1 aliphatic heterocycles. The predicted molar refractivity (Wildman–Crippen MR) is 126 cm³/mol. The number of amides is 1. The first-order valence-electron chi connectivity index (χ1n) is 11.8. The molecule has 1 fully saturated rings. The zero-order valence-corrected chi connectivity index (χ0v) is 19.8. The zero-order valence-electron chi connectivity index (χ0n) is 19.0. The highest BCUT2D eigenvalue weighted by atomic mass is 32.2. The number of carbonyl (C=O) groups excluding carboxylic acids is 1. The van der Waals surface area contributed by atoms with Crippen molar-refractivity contribution in [3.63, 3.8) is 0 Å². The summed E-state index contributed by atoms with van der Waals surface area (Å²) in [6.45, 7) is 1.35. The highest BCUT2D eigenvalue weighted by Gasteiger charge is 2.30. The van der Waals surface area contributed by atoms with Gasteiger partial charge >= 0.3 is 0 Å². The first-order valence-corrected chi connectivity index (χ1v) is 13.2. The van der Waals surface area contributed by atoms with Crippen molar-refractivity contribution in [3.8, 4) is 11.4 Å². The molecule has 5 rings (SSSR count). The van der Waals surface area contributed by atoms with Crippen molar-refractivity contribution < 1.29 is 17.7 Å². The van der Waals surface area contributed by atoms with Crippen molar-refractivity contribution in [2.75, 3.05) is 26.2 Å². The monoisotopic (exact) mass is 480 g/mol. The molecule has 0 atom stereocenters. The molecule has 2 aliphatic rings. The van der Waals surface area contributed by atoms with Crippen LogP contribution in [0.3, 0.4) is 0 Å². The summed E-state index contributed by atoms with van der Waals surface area (Å²) in [5.74, 6) is 0.884. The summed E-state index contributed by atoms with van der Waals surface area (Å²) in [6, 6.07) is 15.1. The fourth-order valence-corrected chi connectivity index (χ4v) is 6.10. The molecule has 9 heteroatoms. The Labute approximate surface area is 199 Å². The molecular formula is C25H28N4O4S. The third-order valence-electron chi connectivity index (χ3n) is 6.60. The Kier molecular flexibility index (Phi) is 6.47. The van der Waals surface area contributed by atoms with E-state index in [1.165, 1.54) is 9.87 Å². The van der Waals surface area contributed by atoms with Crippen LogP contribution in [0.1, 0.15) is 36.3 Å².